The number of piperidine rings is 2. The fourth-order valence-corrected chi connectivity index (χ4v) is 19.3. The Bertz CT molecular complexity index is 5740. The van der Waals surface area contributed by atoms with E-state index in [1.807, 2.05) is 127 Å². The van der Waals surface area contributed by atoms with E-state index in [9.17, 15) is 43.5 Å². The van der Waals surface area contributed by atoms with E-state index in [1.54, 1.807) is 59.1 Å². The van der Waals surface area contributed by atoms with Crippen LogP contribution in [0.4, 0.5) is 11.4 Å². The Balaban J connectivity index is 0.000000164. The van der Waals surface area contributed by atoms with Gasteiger partial charge in [0, 0.05) is 143 Å². The average Bonchev–Trinajstić information content (AvgIpc) is 1.55. The first kappa shape index (κ1) is 81.6. The van der Waals surface area contributed by atoms with Gasteiger partial charge in [-0.3, -0.25) is 68.6 Å². The van der Waals surface area contributed by atoms with Crippen molar-refractivity contribution in [3.8, 4) is 66.9 Å². The number of halogens is 5. The molecule has 606 valence electrons. The van der Waals surface area contributed by atoms with E-state index < -0.39 is 59.3 Å². The number of carbonyl (C=O) groups is 8. The van der Waals surface area contributed by atoms with Gasteiger partial charge in [-0.2, -0.15) is 0 Å². The molecular formula is C89H76BBr5N8O14S2. The van der Waals surface area contributed by atoms with E-state index in [0.29, 0.717) is 46.7 Å². The number of amides is 8. The topological polar surface area (TPSA) is 246 Å². The van der Waals surface area contributed by atoms with Crippen molar-refractivity contribution in [1.29, 1.82) is 0 Å². The van der Waals surface area contributed by atoms with Crippen LogP contribution < -0.4 is 44.1 Å². The molecule has 4 saturated heterocycles. The number of hydrogen-bond donors (Lipinski definition) is 3. The number of nitrogens with one attached hydrogen (secondary N) is 2. The van der Waals surface area contributed by atoms with Crippen LogP contribution in [0.2, 0.25) is 0 Å². The lowest BCUT2D eigenvalue weighted by atomic mass is 9.87. The van der Waals surface area contributed by atoms with Gasteiger partial charge in [-0.05, 0) is 175 Å². The summed E-state index contributed by atoms with van der Waals surface area (Å²) in [5, 5.41) is 16.5. The van der Waals surface area contributed by atoms with Crippen molar-refractivity contribution in [3.63, 3.8) is 0 Å². The second-order valence-corrected chi connectivity index (χ2v) is 40.5. The van der Waals surface area contributed by atoms with Gasteiger partial charge < -0.3 is 38.6 Å². The summed E-state index contributed by atoms with van der Waals surface area (Å²) in [4.78, 5) is 115. The number of ether oxygens (including phenoxy) is 5. The number of phenols is 1. The maximum Gasteiger partial charge on any atom is 0.369 e. The highest BCUT2D eigenvalue weighted by molar-refractivity contribution is 9.69. The van der Waals surface area contributed by atoms with Crippen LogP contribution in [0, 0.1) is 0 Å². The van der Waals surface area contributed by atoms with E-state index in [-0.39, 0.29) is 46.8 Å². The summed E-state index contributed by atoms with van der Waals surface area (Å²) >= 11 is 19.7. The lowest BCUT2D eigenvalue weighted by molar-refractivity contribution is -0.137. The van der Waals surface area contributed by atoms with Crippen LogP contribution in [-0.2, 0) is 25.8 Å². The summed E-state index contributed by atoms with van der Waals surface area (Å²) < 4.78 is 36.4. The lowest BCUT2D eigenvalue weighted by Gasteiger charge is -2.46. The van der Waals surface area contributed by atoms with Gasteiger partial charge in [-0.25, -0.2) is 0 Å². The molecule has 2 atom stereocenters. The van der Waals surface area contributed by atoms with E-state index in [0.717, 1.165) is 189 Å². The number of piperazine rings is 2. The molecule has 8 heterocycles. The SMILES string of the molecule is BrB(Br)Br.O=C1CCC(N2C(=O)c3ccc(N4CCN(C5CC(Oc6ccc(Oc7c(-c8ccc(Br)cc8)sc8cc(O)ccc78)cc6)C5)CC4)cc3C2=O)C(=O)N1.O=C1CCC(N2C(=O)c3ccc(N4CCN(C5CC(Oc6ccc(Oc7c(-c8ccc(Br)cc8)sc8cc(OCc9ccccc9)ccc78)cc6)C5)CC4)cc3C2=O)C(=O)N1. The molecule has 19 rings (SSSR count). The molecule has 2 aliphatic carbocycles. The number of rotatable bonds is 19. The Labute approximate surface area is 735 Å². The number of imide groups is 4. The van der Waals surface area contributed by atoms with Gasteiger partial charge >= 0.3 is 3.18 Å². The Morgan fingerprint density at radius 2 is 0.824 bits per heavy atom. The number of carbonyl (C=O) groups excluding carboxylic acids is 8. The zero-order chi connectivity index (χ0) is 82.3. The number of anilines is 2. The molecule has 0 bridgehead atoms. The van der Waals surface area contributed by atoms with Gasteiger partial charge in [-0.15, -0.1) is 69.9 Å². The molecule has 22 nitrogen and oxygen atoms in total. The summed E-state index contributed by atoms with van der Waals surface area (Å²) in [5.74, 6) is 1.66. The van der Waals surface area contributed by atoms with Gasteiger partial charge in [0.1, 0.15) is 65.4 Å². The van der Waals surface area contributed by atoms with Crippen molar-refractivity contribution in [2.45, 2.75) is 94.3 Å². The Morgan fingerprint density at radius 3 is 1.25 bits per heavy atom. The number of fused-ring (bicyclic) bond motifs is 4. The monoisotopic (exact) mass is 1950 g/mol. The second kappa shape index (κ2) is 35.5. The summed E-state index contributed by atoms with van der Waals surface area (Å²) in [7, 11) is 0. The third-order valence-electron chi connectivity index (χ3n) is 22.8. The Morgan fingerprint density at radius 1 is 0.429 bits per heavy atom. The minimum atomic E-state index is -0.975. The van der Waals surface area contributed by atoms with Gasteiger partial charge in [0.25, 0.3) is 23.6 Å². The standard InChI is InChI=1S/C48H41BrN4O7S.C41H35BrN4O7S.BBr3/c49-31-8-6-30(7-9-31)45-44(39-17-15-36(27-42(39)61-45)58-28-29-4-2-1-3-5-29)60-35-13-11-34(12-14-35)59-37-24-33(25-37)52-22-20-51(21-23-52)32-10-16-38-40(26-32)48(57)53(47(38)56)41-18-19-43(54)50-46(41)55;42-24-3-1-23(2-4-24)38-37(32-12-6-27(47)22-35(32)54-38)53-29-9-7-28(8-10-29)52-30-19-26(20-30)45-17-15-44(16-18-45)25-5-11-31-33(21-25)41(51)46(40(31)50)34-13-14-36(48)43-39(34)49;2-1(3)4/h1-17,26-27,33,37,41H,18-25,28H2,(H,50,54,55);1-12,21-22,26,30,34,47H,13-20H2,(H,43,48,49);. The molecule has 2 saturated carbocycles. The van der Waals surface area contributed by atoms with Crippen molar-refractivity contribution in [2.24, 2.45) is 0 Å². The number of phenolic OH excluding ortho intramolecular Hbond substituents is 1. The van der Waals surface area contributed by atoms with Crippen molar-refractivity contribution in [2.75, 3.05) is 62.2 Å². The molecule has 30 heteroatoms. The fourth-order valence-electron chi connectivity index (χ4n) is 16.4. The van der Waals surface area contributed by atoms with Crippen LogP contribution in [0.15, 0.2) is 209 Å². The molecule has 6 aliphatic heterocycles. The zero-order valence-electron chi connectivity index (χ0n) is 63.8. The van der Waals surface area contributed by atoms with Crippen LogP contribution in [0.25, 0.3) is 41.1 Å². The number of thiophene rings is 2. The first-order valence-corrected chi connectivity index (χ1v) is 45.1. The summed E-state index contributed by atoms with van der Waals surface area (Å²) in [5.41, 5.74) is 6.16. The highest BCUT2D eigenvalue weighted by Crippen LogP contribution is 2.50. The molecule has 9 aromatic carbocycles. The lowest BCUT2D eigenvalue weighted by Crippen LogP contribution is -2.56. The highest BCUT2D eigenvalue weighted by atomic mass is 79.9. The van der Waals surface area contributed by atoms with E-state index in [2.05, 4.69) is 146 Å². The van der Waals surface area contributed by atoms with Crippen LogP contribution >= 0.6 is 102 Å². The van der Waals surface area contributed by atoms with Crippen LogP contribution in [0.1, 0.15) is 98.4 Å². The molecule has 8 aliphatic rings. The Hall–Kier alpha value is -9.76. The smallest absolute Gasteiger partial charge is 0.369 e. The van der Waals surface area contributed by atoms with Gasteiger partial charge in [-0.1, -0.05) is 86.5 Å². The quantitative estimate of drug-likeness (QED) is 0.0503. The summed E-state index contributed by atoms with van der Waals surface area (Å²) in [6.07, 6.45) is 4.48. The van der Waals surface area contributed by atoms with E-state index in [1.165, 1.54) is 0 Å². The minimum absolute atomic E-state index is 0.0910. The van der Waals surface area contributed by atoms with Crippen molar-refractivity contribution in [3.05, 3.63) is 237 Å². The molecule has 3 N–H and O–H groups in total. The van der Waals surface area contributed by atoms with E-state index >= 15 is 0 Å². The predicted octanol–water partition coefficient (Wildman–Crippen LogP) is 18.0. The molecule has 0 spiro atoms. The summed E-state index contributed by atoms with van der Waals surface area (Å²) in [6, 6.07) is 63.2. The first-order chi connectivity index (χ1) is 57.6. The maximum atomic E-state index is 13.4. The molecular weight excluding hydrogens is 1880 g/mol. The van der Waals surface area contributed by atoms with Crippen molar-refractivity contribution < 1.29 is 67.1 Å². The molecule has 2 aromatic heterocycles. The third-order valence-corrected chi connectivity index (χ3v) is 26.2. The Kier molecular flexibility index (Phi) is 24.3. The van der Waals surface area contributed by atoms with Crippen molar-refractivity contribution in [1.82, 2.24) is 30.2 Å². The fraction of sp³-hybridized carbons (Fsp3) is 0.258. The zero-order valence-corrected chi connectivity index (χ0v) is 73.3. The van der Waals surface area contributed by atoms with Gasteiger partial charge in [0.2, 0.25) is 23.6 Å². The van der Waals surface area contributed by atoms with Gasteiger partial charge in [0.05, 0.1) is 32.0 Å². The van der Waals surface area contributed by atoms with Crippen LogP contribution in [-0.4, -0.2) is 164 Å². The van der Waals surface area contributed by atoms with E-state index in [4.69, 9.17) is 23.7 Å². The van der Waals surface area contributed by atoms with Crippen LogP contribution in [0.3, 0.4) is 0 Å². The number of hydrogen-bond acceptors (Lipinski definition) is 20. The number of nitrogens with zero attached hydrogens (tertiary/aromatic N) is 6. The number of benzene rings is 9. The largest absolute Gasteiger partial charge is 0.508 e. The summed E-state index contributed by atoms with van der Waals surface area (Å²) in [6.45, 7) is 7.12. The number of aromatic hydroxyl groups is 1. The molecule has 0 radical (unpaired) electrons. The second-order valence-electron chi connectivity index (χ2n) is 30.2. The normalized spacial score (nSPS) is 20.5. The van der Waals surface area contributed by atoms with Crippen molar-refractivity contribution >= 4 is 184 Å². The van der Waals surface area contributed by atoms with Gasteiger partial charge in [0.15, 0.2) is 11.5 Å². The minimum Gasteiger partial charge on any atom is -0.508 e. The molecule has 8 amide bonds. The predicted molar refractivity (Wildman–Crippen MR) is 477 cm³/mol. The highest BCUT2D eigenvalue weighted by Gasteiger charge is 2.47. The maximum absolute atomic E-state index is 13.4. The first-order valence-electron chi connectivity index (χ1n) is 39.2. The third kappa shape index (κ3) is 17.9. The van der Waals surface area contributed by atoms with Crippen LogP contribution in [0.5, 0.6) is 46.0 Å². The molecule has 6 fully saturated rings. The molecule has 11 aromatic rings. The average molecular weight is 1960 g/mol. The molecule has 119 heavy (non-hydrogen) atoms. The molecule has 2 unspecified atom stereocenters.